The maximum absolute atomic E-state index is 12.7. The first-order valence-electron chi connectivity index (χ1n) is 8.41. The number of ether oxygens (including phenoxy) is 1. The maximum Gasteiger partial charge on any atom is 0.416 e. The third-order valence-corrected chi connectivity index (χ3v) is 4.34. The predicted octanol–water partition coefficient (Wildman–Crippen LogP) is 3.25. The van der Waals surface area contributed by atoms with Crippen molar-refractivity contribution >= 4 is 23.2 Å². The molecule has 1 aliphatic heterocycles. The molecule has 0 spiro atoms. The van der Waals surface area contributed by atoms with Crippen molar-refractivity contribution in [2.75, 3.05) is 18.5 Å². The molecule has 0 bridgehead atoms. The molecule has 3 rings (SSSR count). The minimum atomic E-state index is -4.42. The Morgan fingerprint density at radius 1 is 1.00 bits per heavy atom. The monoisotopic (exact) mass is 393 g/mol. The van der Waals surface area contributed by atoms with Gasteiger partial charge in [0, 0.05) is 5.69 Å². The Balaban J connectivity index is 1.68. The molecule has 0 aromatic heterocycles. The highest BCUT2D eigenvalue weighted by molar-refractivity contribution is 6.01. The molecule has 28 heavy (non-hydrogen) atoms. The summed E-state index contributed by atoms with van der Waals surface area (Å²) in [6.45, 7) is 2.28. The van der Waals surface area contributed by atoms with Crippen LogP contribution in [0.5, 0.6) is 0 Å². The van der Waals surface area contributed by atoms with Gasteiger partial charge in [-0.15, -0.1) is 0 Å². The number of amides is 2. The van der Waals surface area contributed by atoms with Crippen LogP contribution in [0.2, 0.25) is 0 Å². The van der Waals surface area contributed by atoms with Gasteiger partial charge in [0.25, 0.3) is 5.91 Å². The number of halogens is 3. The summed E-state index contributed by atoms with van der Waals surface area (Å²) < 4.78 is 43.0. The van der Waals surface area contributed by atoms with Gasteiger partial charge in [-0.25, -0.2) is 0 Å². The van der Waals surface area contributed by atoms with Gasteiger partial charge in [-0.1, -0.05) is 12.1 Å². The fraction of sp³-hybridized carbons (Fsp3) is 0.263. The zero-order chi connectivity index (χ0) is 20.4. The molecule has 1 aliphatic rings. The van der Waals surface area contributed by atoms with Crippen LogP contribution in [0.1, 0.15) is 22.8 Å². The van der Waals surface area contributed by atoms with Gasteiger partial charge in [0.1, 0.15) is 0 Å². The van der Waals surface area contributed by atoms with Crippen LogP contribution >= 0.6 is 0 Å². The standard InChI is InChI=1S/C19H18F3N3O3/c1-18(10-28-11-18)17(27)25-24-16(26)14-4-2-3-5-15(14)23-13-8-6-12(7-9-13)19(20,21)22/h2-9,23H,10-11H2,1H3,(H,24,26)(H,25,27). The topological polar surface area (TPSA) is 79.5 Å². The van der Waals surface area contributed by atoms with Gasteiger partial charge >= 0.3 is 6.18 Å². The molecule has 0 atom stereocenters. The Morgan fingerprint density at radius 3 is 2.21 bits per heavy atom. The predicted molar refractivity (Wildman–Crippen MR) is 95.7 cm³/mol. The van der Waals surface area contributed by atoms with Gasteiger partial charge in [-0.05, 0) is 43.3 Å². The van der Waals surface area contributed by atoms with E-state index in [4.69, 9.17) is 4.74 Å². The third-order valence-electron chi connectivity index (χ3n) is 4.34. The first-order valence-corrected chi connectivity index (χ1v) is 8.41. The normalized spacial score (nSPS) is 15.3. The Kier molecular flexibility index (Phi) is 5.28. The molecule has 0 aliphatic carbocycles. The van der Waals surface area contributed by atoms with E-state index in [2.05, 4.69) is 16.2 Å². The summed E-state index contributed by atoms with van der Waals surface area (Å²) in [5, 5.41) is 2.91. The number of nitrogens with one attached hydrogen (secondary N) is 3. The molecular formula is C19H18F3N3O3. The lowest BCUT2D eigenvalue weighted by atomic mass is 9.88. The van der Waals surface area contributed by atoms with Crippen LogP contribution in [-0.4, -0.2) is 25.0 Å². The number of carbonyl (C=O) groups is 2. The maximum atomic E-state index is 12.7. The molecule has 3 N–H and O–H groups in total. The van der Waals surface area contributed by atoms with E-state index < -0.39 is 23.1 Å². The van der Waals surface area contributed by atoms with Crippen molar-refractivity contribution in [1.29, 1.82) is 0 Å². The van der Waals surface area contributed by atoms with Crippen molar-refractivity contribution in [3.05, 3.63) is 59.7 Å². The second-order valence-corrected chi connectivity index (χ2v) is 6.71. The molecular weight excluding hydrogens is 375 g/mol. The average molecular weight is 393 g/mol. The first-order chi connectivity index (χ1) is 13.2. The van der Waals surface area contributed by atoms with Crippen LogP contribution in [0, 0.1) is 5.41 Å². The van der Waals surface area contributed by atoms with Crippen LogP contribution in [0.15, 0.2) is 48.5 Å². The fourth-order valence-electron chi connectivity index (χ4n) is 2.56. The van der Waals surface area contributed by atoms with Gasteiger partial charge < -0.3 is 10.1 Å². The molecule has 148 valence electrons. The summed E-state index contributed by atoms with van der Waals surface area (Å²) in [4.78, 5) is 24.5. The van der Waals surface area contributed by atoms with Gasteiger partial charge in [0.05, 0.1) is 35.4 Å². The Morgan fingerprint density at radius 2 is 1.64 bits per heavy atom. The lowest BCUT2D eigenvalue weighted by molar-refractivity contribution is -0.158. The molecule has 2 aromatic carbocycles. The summed E-state index contributed by atoms with van der Waals surface area (Å²) in [5.41, 5.74) is 4.26. The summed E-state index contributed by atoms with van der Waals surface area (Å²) in [6, 6.07) is 10.9. The van der Waals surface area contributed by atoms with Gasteiger partial charge in [-0.2, -0.15) is 13.2 Å². The molecule has 1 fully saturated rings. The van der Waals surface area contributed by atoms with Crippen LogP contribution in [0.3, 0.4) is 0 Å². The van der Waals surface area contributed by atoms with E-state index in [1.165, 1.54) is 18.2 Å². The number of para-hydroxylation sites is 1. The second kappa shape index (κ2) is 7.51. The molecule has 1 heterocycles. The molecule has 0 saturated carbocycles. The highest BCUT2D eigenvalue weighted by Gasteiger charge is 2.41. The summed E-state index contributed by atoms with van der Waals surface area (Å²) in [6.07, 6.45) is -4.42. The number of benzene rings is 2. The van der Waals surface area contributed by atoms with E-state index in [-0.39, 0.29) is 24.7 Å². The number of hydrazine groups is 1. The van der Waals surface area contributed by atoms with Crippen LogP contribution < -0.4 is 16.2 Å². The largest absolute Gasteiger partial charge is 0.416 e. The number of hydrogen-bond donors (Lipinski definition) is 3. The smallest absolute Gasteiger partial charge is 0.379 e. The summed E-state index contributed by atoms with van der Waals surface area (Å²) in [7, 11) is 0. The SMILES string of the molecule is CC1(C(=O)NNC(=O)c2ccccc2Nc2ccc(C(F)(F)F)cc2)COC1. The van der Waals surface area contributed by atoms with Crippen molar-refractivity contribution in [1.82, 2.24) is 10.9 Å². The van der Waals surface area contributed by atoms with E-state index in [1.54, 1.807) is 25.1 Å². The Labute approximate surface area is 159 Å². The molecule has 2 aromatic rings. The van der Waals surface area contributed by atoms with Crippen molar-refractivity contribution in [2.24, 2.45) is 5.41 Å². The van der Waals surface area contributed by atoms with E-state index in [0.717, 1.165) is 12.1 Å². The number of hydrogen-bond acceptors (Lipinski definition) is 4. The molecule has 0 unspecified atom stereocenters. The second-order valence-electron chi connectivity index (χ2n) is 6.71. The van der Waals surface area contributed by atoms with Gasteiger partial charge in [-0.3, -0.25) is 20.4 Å². The number of anilines is 2. The van der Waals surface area contributed by atoms with Crippen molar-refractivity contribution in [3.63, 3.8) is 0 Å². The fourth-order valence-corrected chi connectivity index (χ4v) is 2.56. The van der Waals surface area contributed by atoms with Crippen LogP contribution in [0.25, 0.3) is 0 Å². The van der Waals surface area contributed by atoms with Crippen molar-refractivity contribution < 1.29 is 27.5 Å². The van der Waals surface area contributed by atoms with Gasteiger partial charge in [0.2, 0.25) is 5.91 Å². The number of carbonyl (C=O) groups excluding carboxylic acids is 2. The van der Waals surface area contributed by atoms with Crippen molar-refractivity contribution in [2.45, 2.75) is 13.1 Å². The van der Waals surface area contributed by atoms with Crippen molar-refractivity contribution in [3.8, 4) is 0 Å². The number of alkyl halides is 3. The van der Waals surface area contributed by atoms with E-state index >= 15 is 0 Å². The van der Waals surface area contributed by atoms with E-state index in [0.29, 0.717) is 11.4 Å². The molecule has 2 amide bonds. The highest BCUT2D eigenvalue weighted by atomic mass is 19.4. The number of rotatable bonds is 4. The van der Waals surface area contributed by atoms with E-state index in [1.807, 2.05) is 0 Å². The zero-order valence-corrected chi connectivity index (χ0v) is 14.9. The summed E-state index contributed by atoms with van der Waals surface area (Å²) >= 11 is 0. The minimum Gasteiger partial charge on any atom is -0.379 e. The molecule has 9 heteroatoms. The van der Waals surface area contributed by atoms with Crippen LogP contribution in [0.4, 0.5) is 24.5 Å². The summed E-state index contributed by atoms with van der Waals surface area (Å²) in [5.74, 6) is -0.924. The quantitative estimate of drug-likeness (QED) is 0.697. The molecule has 0 radical (unpaired) electrons. The Hall–Kier alpha value is -3.07. The lowest BCUT2D eigenvalue weighted by Gasteiger charge is -2.36. The lowest BCUT2D eigenvalue weighted by Crippen LogP contribution is -2.56. The Bertz CT molecular complexity index is 878. The minimum absolute atomic E-state index is 0.220. The first kappa shape index (κ1) is 19.7. The molecule has 6 nitrogen and oxygen atoms in total. The van der Waals surface area contributed by atoms with E-state index in [9.17, 15) is 22.8 Å². The third kappa shape index (κ3) is 4.25. The van der Waals surface area contributed by atoms with Gasteiger partial charge in [0.15, 0.2) is 0 Å². The zero-order valence-electron chi connectivity index (χ0n) is 14.9. The molecule has 1 saturated heterocycles. The van der Waals surface area contributed by atoms with Crippen LogP contribution in [-0.2, 0) is 15.7 Å². The highest BCUT2D eigenvalue weighted by Crippen LogP contribution is 2.31. The average Bonchev–Trinajstić information content (AvgIpc) is 2.64.